The van der Waals surface area contributed by atoms with Gasteiger partial charge in [-0.15, -0.1) is 0 Å². The molecule has 1 atom stereocenters. The van der Waals surface area contributed by atoms with Crippen molar-refractivity contribution in [2.45, 2.75) is 12.5 Å². The van der Waals surface area contributed by atoms with Gasteiger partial charge >= 0.3 is 0 Å². The lowest BCUT2D eigenvalue weighted by atomic mass is 10.3. The van der Waals surface area contributed by atoms with Crippen LogP contribution in [0.1, 0.15) is 6.42 Å². The van der Waals surface area contributed by atoms with Crippen molar-refractivity contribution in [3.05, 3.63) is 30.3 Å². The van der Waals surface area contributed by atoms with E-state index in [1.807, 2.05) is 30.3 Å². The Labute approximate surface area is 126 Å². The van der Waals surface area contributed by atoms with E-state index >= 15 is 0 Å². The lowest BCUT2D eigenvalue weighted by molar-refractivity contribution is 0.0373. The molecule has 2 N–H and O–H groups in total. The number of benzene rings is 1. The number of hydrogen-bond donors (Lipinski definition) is 2. The highest BCUT2D eigenvalue weighted by Gasteiger charge is 2.09. The highest BCUT2D eigenvalue weighted by molar-refractivity contribution is 5.20. The molecule has 118 valence electrons. The standard InChI is InChI=1S/C16H26N2O3/c19-15(14-21-16-5-2-1-3-6-16)13-17-7-4-8-18-9-11-20-12-10-18/h1-3,5-6,15,17,19H,4,7-14H2. The summed E-state index contributed by atoms with van der Waals surface area (Å²) in [6, 6.07) is 9.57. The monoisotopic (exact) mass is 294 g/mol. The van der Waals surface area contributed by atoms with Crippen LogP contribution in [0.4, 0.5) is 0 Å². The van der Waals surface area contributed by atoms with Crippen molar-refractivity contribution in [1.82, 2.24) is 10.2 Å². The summed E-state index contributed by atoms with van der Waals surface area (Å²) in [5.74, 6) is 0.795. The molecule has 1 saturated heterocycles. The molecular weight excluding hydrogens is 268 g/mol. The summed E-state index contributed by atoms with van der Waals surface area (Å²) in [5.41, 5.74) is 0. The van der Waals surface area contributed by atoms with Crippen LogP contribution in [-0.2, 0) is 4.74 Å². The van der Waals surface area contributed by atoms with Crippen molar-refractivity contribution >= 4 is 0 Å². The topological polar surface area (TPSA) is 54.0 Å². The fraction of sp³-hybridized carbons (Fsp3) is 0.625. The van der Waals surface area contributed by atoms with Crippen LogP contribution in [0.25, 0.3) is 0 Å². The maximum absolute atomic E-state index is 9.84. The predicted octanol–water partition coefficient (Wildman–Crippen LogP) is 0.738. The van der Waals surface area contributed by atoms with Gasteiger partial charge in [-0.3, -0.25) is 4.90 Å². The quantitative estimate of drug-likeness (QED) is 0.658. The van der Waals surface area contributed by atoms with E-state index in [2.05, 4.69) is 10.2 Å². The van der Waals surface area contributed by atoms with Gasteiger partial charge in [0.15, 0.2) is 0 Å². The number of nitrogens with one attached hydrogen (secondary N) is 1. The maximum atomic E-state index is 9.84. The third kappa shape index (κ3) is 6.91. The van der Waals surface area contributed by atoms with E-state index < -0.39 is 6.10 Å². The Morgan fingerprint density at radius 1 is 1.24 bits per heavy atom. The van der Waals surface area contributed by atoms with E-state index in [1.165, 1.54) is 0 Å². The molecule has 1 fully saturated rings. The minimum Gasteiger partial charge on any atom is -0.491 e. The van der Waals surface area contributed by atoms with Crippen LogP contribution >= 0.6 is 0 Å². The smallest absolute Gasteiger partial charge is 0.119 e. The van der Waals surface area contributed by atoms with Gasteiger partial charge in [-0.1, -0.05) is 18.2 Å². The van der Waals surface area contributed by atoms with Gasteiger partial charge in [-0.2, -0.15) is 0 Å². The molecule has 21 heavy (non-hydrogen) atoms. The summed E-state index contributed by atoms with van der Waals surface area (Å²) in [6.07, 6.45) is 0.611. The van der Waals surface area contributed by atoms with Crippen molar-refractivity contribution in [2.75, 3.05) is 52.5 Å². The Bertz CT molecular complexity index is 369. The van der Waals surface area contributed by atoms with E-state index in [4.69, 9.17) is 9.47 Å². The summed E-state index contributed by atoms with van der Waals surface area (Å²) < 4.78 is 10.8. The van der Waals surface area contributed by atoms with Crippen LogP contribution in [0.2, 0.25) is 0 Å². The van der Waals surface area contributed by atoms with E-state index in [-0.39, 0.29) is 0 Å². The second-order valence-corrected chi connectivity index (χ2v) is 5.29. The first-order valence-electron chi connectivity index (χ1n) is 7.71. The van der Waals surface area contributed by atoms with Crippen molar-refractivity contribution in [3.63, 3.8) is 0 Å². The molecule has 1 aliphatic rings. The van der Waals surface area contributed by atoms with E-state index in [9.17, 15) is 5.11 Å². The Hall–Kier alpha value is -1.14. The first-order valence-corrected chi connectivity index (χ1v) is 7.71. The molecule has 0 bridgehead atoms. The minimum absolute atomic E-state index is 0.320. The Morgan fingerprint density at radius 2 is 2.00 bits per heavy atom. The predicted molar refractivity (Wildman–Crippen MR) is 82.7 cm³/mol. The molecule has 0 amide bonds. The van der Waals surface area contributed by atoms with Crippen LogP contribution in [0, 0.1) is 0 Å². The summed E-state index contributed by atoms with van der Waals surface area (Å²) >= 11 is 0. The van der Waals surface area contributed by atoms with Gasteiger partial charge in [0.1, 0.15) is 18.5 Å². The van der Waals surface area contributed by atoms with Crippen molar-refractivity contribution in [2.24, 2.45) is 0 Å². The van der Waals surface area contributed by atoms with Gasteiger partial charge in [0.05, 0.1) is 13.2 Å². The van der Waals surface area contributed by atoms with Crippen molar-refractivity contribution in [3.8, 4) is 5.75 Å². The molecule has 0 radical (unpaired) electrons. The summed E-state index contributed by atoms with van der Waals surface area (Å²) in [7, 11) is 0. The molecule has 1 aromatic carbocycles. The molecular formula is C16H26N2O3. The highest BCUT2D eigenvalue weighted by Crippen LogP contribution is 2.08. The average Bonchev–Trinajstić information content (AvgIpc) is 2.54. The molecule has 1 aromatic rings. The van der Waals surface area contributed by atoms with Crippen LogP contribution < -0.4 is 10.1 Å². The van der Waals surface area contributed by atoms with Gasteiger partial charge < -0.3 is 19.9 Å². The van der Waals surface area contributed by atoms with E-state index in [1.54, 1.807) is 0 Å². The largest absolute Gasteiger partial charge is 0.491 e. The lowest BCUT2D eigenvalue weighted by Gasteiger charge is -2.26. The SMILES string of the molecule is OC(CNCCCN1CCOCC1)COc1ccccc1. The fourth-order valence-corrected chi connectivity index (χ4v) is 2.29. The molecule has 0 saturated carbocycles. The number of hydrogen-bond acceptors (Lipinski definition) is 5. The molecule has 1 heterocycles. The number of aliphatic hydroxyl groups excluding tert-OH is 1. The normalized spacial score (nSPS) is 17.6. The second kappa shape index (κ2) is 9.73. The van der Waals surface area contributed by atoms with Gasteiger partial charge in [0.2, 0.25) is 0 Å². The minimum atomic E-state index is -0.478. The molecule has 0 aliphatic carbocycles. The van der Waals surface area contributed by atoms with Crippen LogP contribution in [0.3, 0.4) is 0 Å². The molecule has 0 aromatic heterocycles. The number of aliphatic hydroxyl groups is 1. The Balaban J connectivity index is 1.46. The number of morpholine rings is 1. The summed E-state index contributed by atoms with van der Waals surface area (Å²) in [4.78, 5) is 2.42. The lowest BCUT2D eigenvalue weighted by Crippen LogP contribution is -2.38. The fourth-order valence-electron chi connectivity index (χ4n) is 2.29. The van der Waals surface area contributed by atoms with Crippen LogP contribution in [-0.4, -0.2) is 68.7 Å². The number of ether oxygens (including phenoxy) is 2. The zero-order valence-corrected chi connectivity index (χ0v) is 12.5. The number of nitrogens with zero attached hydrogens (tertiary/aromatic N) is 1. The van der Waals surface area contributed by atoms with Crippen molar-refractivity contribution < 1.29 is 14.6 Å². The molecule has 5 heteroatoms. The van der Waals surface area contributed by atoms with Gasteiger partial charge in [0, 0.05) is 19.6 Å². The second-order valence-electron chi connectivity index (χ2n) is 5.29. The first kappa shape index (κ1) is 16.2. The van der Waals surface area contributed by atoms with E-state index in [0.717, 1.165) is 51.6 Å². The third-order valence-corrected chi connectivity index (χ3v) is 3.50. The summed E-state index contributed by atoms with van der Waals surface area (Å²) in [5, 5.41) is 13.1. The molecule has 1 unspecified atom stereocenters. The average molecular weight is 294 g/mol. The van der Waals surface area contributed by atoms with Crippen LogP contribution in [0.5, 0.6) is 5.75 Å². The Morgan fingerprint density at radius 3 is 2.76 bits per heavy atom. The molecule has 0 spiro atoms. The van der Waals surface area contributed by atoms with Crippen molar-refractivity contribution in [1.29, 1.82) is 0 Å². The summed E-state index contributed by atoms with van der Waals surface area (Å²) in [6.45, 7) is 6.66. The zero-order valence-electron chi connectivity index (χ0n) is 12.5. The molecule has 5 nitrogen and oxygen atoms in total. The molecule has 1 aliphatic heterocycles. The Kier molecular flexibility index (Phi) is 7.53. The van der Waals surface area contributed by atoms with E-state index in [0.29, 0.717) is 13.2 Å². The van der Waals surface area contributed by atoms with Gasteiger partial charge in [-0.05, 0) is 31.6 Å². The third-order valence-electron chi connectivity index (χ3n) is 3.50. The maximum Gasteiger partial charge on any atom is 0.119 e. The number of rotatable bonds is 9. The van der Waals surface area contributed by atoms with Crippen LogP contribution in [0.15, 0.2) is 30.3 Å². The zero-order chi connectivity index (χ0) is 14.8. The van der Waals surface area contributed by atoms with Gasteiger partial charge in [0.25, 0.3) is 0 Å². The molecule has 2 rings (SSSR count). The highest BCUT2D eigenvalue weighted by atomic mass is 16.5. The number of para-hydroxylation sites is 1. The van der Waals surface area contributed by atoms with Gasteiger partial charge in [-0.25, -0.2) is 0 Å². The first-order chi connectivity index (χ1) is 10.3.